The largest absolute Gasteiger partial charge is 0.416 e. The zero-order valence-electron chi connectivity index (χ0n) is 14.5. The second-order valence-corrected chi connectivity index (χ2v) is 6.30. The highest BCUT2D eigenvalue weighted by molar-refractivity contribution is 6.01. The highest BCUT2D eigenvalue weighted by atomic mass is 19.4. The average Bonchev–Trinajstić information content (AvgIpc) is 2.61. The highest BCUT2D eigenvalue weighted by Gasteiger charge is 2.29. The van der Waals surface area contributed by atoms with E-state index in [1.165, 1.54) is 12.1 Å². The second kappa shape index (κ2) is 7.65. The van der Waals surface area contributed by atoms with Gasteiger partial charge >= 0.3 is 12.2 Å². The van der Waals surface area contributed by atoms with E-state index in [9.17, 15) is 18.0 Å². The van der Waals surface area contributed by atoms with Gasteiger partial charge in [0.15, 0.2) is 0 Å². The van der Waals surface area contributed by atoms with Gasteiger partial charge < -0.3 is 10.6 Å². The third-order valence-electron chi connectivity index (χ3n) is 4.13. The first kappa shape index (κ1) is 18.7. The van der Waals surface area contributed by atoms with Crippen LogP contribution in [0.15, 0.2) is 60.9 Å². The number of pyridine rings is 1. The number of aromatic nitrogens is 1. The summed E-state index contributed by atoms with van der Waals surface area (Å²) in [7, 11) is 0. The number of anilines is 1. The predicted octanol–water partition coefficient (Wildman–Crippen LogP) is 5.01. The molecule has 0 saturated heterocycles. The Morgan fingerprint density at radius 1 is 1.11 bits per heavy atom. The smallest absolute Gasteiger partial charge is 0.335 e. The molecule has 0 fully saturated rings. The minimum absolute atomic E-state index is 0.252. The van der Waals surface area contributed by atoms with Gasteiger partial charge in [-0.3, -0.25) is 4.98 Å². The molecule has 3 rings (SSSR count). The van der Waals surface area contributed by atoms with Crippen molar-refractivity contribution in [3.8, 4) is 0 Å². The van der Waals surface area contributed by atoms with Gasteiger partial charge in [0.25, 0.3) is 0 Å². The maximum atomic E-state index is 12.6. The van der Waals surface area contributed by atoms with Gasteiger partial charge in [0.2, 0.25) is 0 Å². The molecule has 2 aromatic carbocycles. The fourth-order valence-electron chi connectivity index (χ4n) is 2.85. The van der Waals surface area contributed by atoms with Gasteiger partial charge in [0.05, 0.1) is 11.3 Å². The highest BCUT2D eigenvalue weighted by Crippen LogP contribution is 2.29. The molecule has 7 heteroatoms. The van der Waals surface area contributed by atoms with Crippen molar-refractivity contribution in [2.45, 2.75) is 25.6 Å². The Bertz CT molecular complexity index is 934. The molecule has 3 aromatic rings. The molecule has 0 spiro atoms. The molecule has 140 valence electrons. The van der Waals surface area contributed by atoms with Crippen LogP contribution in [0.4, 0.5) is 23.7 Å². The lowest BCUT2D eigenvalue weighted by atomic mass is 10.1. The first-order chi connectivity index (χ1) is 12.8. The molecular formula is C20H18F3N3O. The fraction of sp³-hybridized carbons (Fsp3) is 0.200. The number of carbonyl (C=O) groups excluding carboxylic acids is 1. The number of hydrogen-bond donors (Lipinski definition) is 2. The molecule has 4 nitrogen and oxygen atoms in total. The third-order valence-corrected chi connectivity index (χ3v) is 4.13. The monoisotopic (exact) mass is 373 g/mol. The summed E-state index contributed by atoms with van der Waals surface area (Å²) in [5.74, 6) is 0. The van der Waals surface area contributed by atoms with Crippen LogP contribution in [-0.2, 0) is 12.6 Å². The first-order valence-electron chi connectivity index (χ1n) is 8.39. The number of hydrogen-bond acceptors (Lipinski definition) is 2. The van der Waals surface area contributed by atoms with Crippen molar-refractivity contribution in [1.29, 1.82) is 0 Å². The van der Waals surface area contributed by atoms with Gasteiger partial charge in [-0.05, 0) is 43.2 Å². The number of halogens is 3. The van der Waals surface area contributed by atoms with Crippen molar-refractivity contribution < 1.29 is 18.0 Å². The summed E-state index contributed by atoms with van der Waals surface area (Å²) in [6.45, 7) is 1.80. The average molecular weight is 373 g/mol. The van der Waals surface area contributed by atoms with Crippen LogP contribution in [0.3, 0.4) is 0 Å². The Morgan fingerprint density at radius 3 is 2.56 bits per heavy atom. The van der Waals surface area contributed by atoms with Crippen molar-refractivity contribution >= 4 is 22.5 Å². The molecule has 1 heterocycles. The van der Waals surface area contributed by atoms with E-state index in [0.717, 1.165) is 22.9 Å². The van der Waals surface area contributed by atoms with E-state index < -0.39 is 11.7 Å². The van der Waals surface area contributed by atoms with Crippen molar-refractivity contribution in [2.75, 3.05) is 5.32 Å². The number of amides is 2. The molecule has 1 unspecified atom stereocenters. The molecular weight excluding hydrogens is 355 g/mol. The standard InChI is InChI=1S/C20H18F3N3O/c1-13(11-14-5-7-16(8-6-14)20(21,22)23)25-19(27)26-18-4-2-3-15-12-24-10-9-17(15)18/h2-10,12-13H,11H2,1H3,(H2,25,26,27). The summed E-state index contributed by atoms with van der Waals surface area (Å²) in [4.78, 5) is 16.3. The number of nitrogens with one attached hydrogen (secondary N) is 2. The van der Waals surface area contributed by atoms with Crippen molar-refractivity contribution in [2.24, 2.45) is 0 Å². The Labute approximate surface area is 154 Å². The van der Waals surface area contributed by atoms with E-state index in [0.29, 0.717) is 17.7 Å². The van der Waals surface area contributed by atoms with Crippen molar-refractivity contribution in [1.82, 2.24) is 10.3 Å². The van der Waals surface area contributed by atoms with Crippen LogP contribution in [0.1, 0.15) is 18.1 Å². The number of rotatable bonds is 4. The number of nitrogens with zero attached hydrogens (tertiary/aromatic N) is 1. The Balaban J connectivity index is 1.60. The SMILES string of the molecule is CC(Cc1ccc(C(F)(F)F)cc1)NC(=O)Nc1cccc2cnccc12. The van der Waals surface area contributed by atoms with Crippen molar-refractivity contribution in [3.05, 3.63) is 72.1 Å². The lowest BCUT2D eigenvalue weighted by Crippen LogP contribution is -2.37. The number of urea groups is 1. The van der Waals surface area contributed by atoms with E-state index >= 15 is 0 Å². The maximum Gasteiger partial charge on any atom is 0.416 e. The minimum atomic E-state index is -4.35. The molecule has 0 saturated carbocycles. The predicted molar refractivity (Wildman–Crippen MR) is 98.5 cm³/mol. The van der Waals surface area contributed by atoms with Gasteiger partial charge in [-0.1, -0.05) is 24.3 Å². The molecule has 0 aliphatic carbocycles. The molecule has 1 aromatic heterocycles. The van der Waals surface area contributed by atoms with E-state index in [1.807, 2.05) is 18.2 Å². The van der Waals surface area contributed by atoms with Crippen LogP contribution in [0.25, 0.3) is 10.8 Å². The van der Waals surface area contributed by atoms with Crippen LogP contribution in [-0.4, -0.2) is 17.1 Å². The normalized spacial score (nSPS) is 12.6. The summed E-state index contributed by atoms with van der Waals surface area (Å²) in [6.07, 6.45) is -0.564. The number of benzene rings is 2. The van der Waals surface area contributed by atoms with Gasteiger partial charge in [-0.25, -0.2) is 4.79 Å². The second-order valence-electron chi connectivity index (χ2n) is 6.30. The van der Waals surface area contributed by atoms with Crippen LogP contribution in [0, 0.1) is 0 Å². The van der Waals surface area contributed by atoms with Crippen molar-refractivity contribution in [3.63, 3.8) is 0 Å². The molecule has 2 N–H and O–H groups in total. The topological polar surface area (TPSA) is 54.0 Å². The summed E-state index contributed by atoms with van der Waals surface area (Å²) in [6, 6.07) is 11.7. The Morgan fingerprint density at radius 2 is 1.85 bits per heavy atom. The molecule has 0 aliphatic rings. The molecule has 27 heavy (non-hydrogen) atoms. The number of carbonyl (C=O) groups is 1. The first-order valence-corrected chi connectivity index (χ1v) is 8.39. The number of alkyl halides is 3. The van der Waals surface area contributed by atoms with Gasteiger partial charge in [0, 0.05) is 29.2 Å². The fourth-order valence-corrected chi connectivity index (χ4v) is 2.85. The van der Waals surface area contributed by atoms with Gasteiger partial charge in [0.1, 0.15) is 0 Å². The van der Waals surface area contributed by atoms with Crippen LogP contribution in [0.2, 0.25) is 0 Å². The molecule has 0 bridgehead atoms. The molecule has 0 radical (unpaired) electrons. The van der Waals surface area contributed by atoms with E-state index in [4.69, 9.17) is 0 Å². The Hall–Kier alpha value is -3.09. The van der Waals surface area contributed by atoms with E-state index in [1.54, 1.807) is 25.4 Å². The minimum Gasteiger partial charge on any atom is -0.335 e. The maximum absolute atomic E-state index is 12.6. The van der Waals surface area contributed by atoms with Crippen LogP contribution < -0.4 is 10.6 Å². The van der Waals surface area contributed by atoms with Gasteiger partial charge in [-0.2, -0.15) is 13.2 Å². The van der Waals surface area contributed by atoms with Gasteiger partial charge in [-0.15, -0.1) is 0 Å². The molecule has 2 amide bonds. The third kappa shape index (κ3) is 4.75. The number of fused-ring (bicyclic) bond motifs is 1. The molecule has 0 aliphatic heterocycles. The lowest BCUT2D eigenvalue weighted by Gasteiger charge is -2.16. The summed E-state index contributed by atoms with van der Waals surface area (Å²) in [5.41, 5.74) is 0.691. The molecule has 1 atom stereocenters. The lowest BCUT2D eigenvalue weighted by molar-refractivity contribution is -0.137. The quantitative estimate of drug-likeness (QED) is 0.676. The summed E-state index contributed by atoms with van der Waals surface area (Å²) in [5, 5.41) is 7.39. The van der Waals surface area contributed by atoms with Crippen LogP contribution >= 0.6 is 0 Å². The summed E-state index contributed by atoms with van der Waals surface area (Å²) >= 11 is 0. The zero-order valence-corrected chi connectivity index (χ0v) is 14.5. The zero-order chi connectivity index (χ0) is 19.4. The van der Waals surface area contributed by atoms with Crippen LogP contribution in [0.5, 0.6) is 0 Å². The van der Waals surface area contributed by atoms with E-state index in [-0.39, 0.29) is 12.1 Å². The van der Waals surface area contributed by atoms with E-state index in [2.05, 4.69) is 15.6 Å². The Kier molecular flexibility index (Phi) is 5.30. The summed E-state index contributed by atoms with van der Waals surface area (Å²) < 4.78 is 37.8.